The Balaban J connectivity index is 1.80. The molecule has 0 amide bonds. The SMILES string of the molecule is CC[C@H]1O[C@H]1C/C=C/C/C=C\CCCCCCCC(=O)O. The van der Waals surface area contributed by atoms with Crippen molar-refractivity contribution in [3.63, 3.8) is 0 Å². The minimum absolute atomic E-state index is 0.317. The second-order valence-corrected chi connectivity index (χ2v) is 5.74. The molecule has 0 aliphatic carbocycles. The first kappa shape index (κ1) is 18.0. The first-order chi connectivity index (χ1) is 10.2. The zero-order valence-electron chi connectivity index (χ0n) is 13.3. The minimum atomic E-state index is -0.676. The molecule has 0 spiro atoms. The Morgan fingerprint density at radius 3 is 2.43 bits per heavy atom. The normalized spacial score (nSPS) is 21.4. The molecule has 0 saturated carbocycles. The Labute approximate surface area is 129 Å². The van der Waals surface area contributed by atoms with Crippen LogP contribution in [0.3, 0.4) is 0 Å². The molecule has 0 aromatic heterocycles. The minimum Gasteiger partial charge on any atom is -0.481 e. The lowest BCUT2D eigenvalue weighted by molar-refractivity contribution is -0.137. The summed E-state index contributed by atoms with van der Waals surface area (Å²) in [5.41, 5.74) is 0. The van der Waals surface area contributed by atoms with Crippen LogP contribution in [0.15, 0.2) is 24.3 Å². The Kier molecular flexibility index (Phi) is 9.88. The molecule has 0 unspecified atom stereocenters. The van der Waals surface area contributed by atoms with Gasteiger partial charge in [-0.15, -0.1) is 0 Å². The molecule has 21 heavy (non-hydrogen) atoms. The van der Waals surface area contributed by atoms with Crippen molar-refractivity contribution < 1.29 is 14.6 Å². The number of epoxide rings is 1. The fraction of sp³-hybridized carbons (Fsp3) is 0.722. The Morgan fingerprint density at radius 2 is 1.71 bits per heavy atom. The Hall–Kier alpha value is -1.09. The number of hydrogen-bond acceptors (Lipinski definition) is 2. The summed E-state index contributed by atoms with van der Waals surface area (Å²) < 4.78 is 5.48. The topological polar surface area (TPSA) is 49.8 Å². The number of ether oxygens (including phenoxy) is 1. The third kappa shape index (κ3) is 10.3. The van der Waals surface area contributed by atoms with Gasteiger partial charge in [0.25, 0.3) is 0 Å². The lowest BCUT2D eigenvalue weighted by atomic mass is 10.1. The van der Waals surface area contributed by atoms with E-state index in [4.69, 9.17) is 9.84 Å². The quantitative estimate of drug-likeness (QED) is 0.299. The summed E-state index contributed by atoms with van der Waals surface area (Å²) in [6.07, 6.45) is 20.0. The lowest BCUT2D eigenvalue weighted by Crippen LogP contribution is -1.93. The van der Waals surface area contributed by atoms with Gasteiger partial charge in [0.1, 0.15) is 0 Å². The second-order valence-electron chi connectivity index (χ2n) is 5.74. The van der Waals surface area contributed by atoms with Crippen LogP contribution in [0.5, 0.6) is 0 Å². The van der Waals surface area contributed by atoms with Crippen molar-refractivity contribution in [1.29, 1.82) is 0 Å². The van der Waals surface area contributed by atoms with Gasteiger partial charge in [0.05, 0.1) is 12.2 Å². The molecule has 1 fully saturated rings. The van der Waals surface area contributed by atoms with Gasteiger partial charge in [0, 0.05) is 6.42 Å². The third-order valence-electron chi connectivity index (χ3n) is 3.83. The van der Waals surface area contributed by atoms with Crippen LogP contribution >= 0.6 is 0 Å². The van der Waals surface area contributed by atoms with E-state index in [1.165, 1.54) is 12.8 Å². The highest BCUT2D eigenvalue weighted by atomic mass is 16.6. The molecule has 3 heteroatoms. The molecular weight excluding hydrogens is 264 g/mol. The number of unbranched alkanes of at least 4 members (excludes halogenated alkanes) is 5. The summed E-state index contributed by atoms with van der Waals surface area (Å²) in [7, 11) is 0. The number of aliphatic carboxylic acids is 1. The molecule has 1 saturated heterocycles. The van der Waals surface area contributed by atoms with Crippen LogP contribution in [-0.2, 0) is 9.53 Å². The van der Waals surface area contributed by atoms with E-state index in [0.29, 0.717) is 18.6 Å². The van der Waals surface area contributed by atoms with Gasteiger partial charge in [-0.05, 0) is 38.5 Å². The van der Waals surface area contributed by atoms with Gasteiger partial charge in [0.15, 0.2) is 0 Å². The van der Waals surface area contributed by atoms with E-state index in [9.17, 15) is 4.79 Å². The van der Waals surface area contributed by atoms with Crippen LogP contribution in [0.1, 0.15) is 71.1 Å². The van der Waals surface area contributed by atoms with Crippen molar-refractivity contribution in [3.8, 4) is 0 Å². The molecule has 1 rings (SSSR count). The van der Waals surface area contributed by atoms with Gasteiger partial charge < -0.3 is 9.84 Å². The van der Waals surface area contributed by atoms with Gasteiger partial charge in [-0.3, -0.25) is 4.79 Å². The highest BCUT2D eigenvalue weighted by Crippen LogP contribution is 2.28. The Morgan fingerprint density at radius 1 is 1.00 bits per heavy atom. The van der Waals surface area contributed by atoms with E-state index in [1.807, 2.05) is 0 Å². The van der Waals surface area contributed by atoms with Crippen LogP contribution in [0.4, 0.5) is 0 Å². The third-order valence-corrected chi connectivity index (χ3v) is 3.83. The molecule has 0 aromatic rings. The number of carbonyl (C=O) groups is 1. The molecule has 1 aliphatic rings. The zero-order chi connectivity index (χ0) is 15.3. The van der Waals surface area contributed by atoms with E-state index >= 15 is 0 Å². The second kappa shape index (κ2) is 11.6. The maximum Gasteiger partial charge on any atom is 0.303 e. The molecule has 0 radical (unpaired) electrons. The van der Waals surface area contributed by atoms with Gasteiger partial charge in [0.2, 0.25) is 0 Å². The standard InChI is InChI=1S/C18H30O3/c1-2-16-17(21-16)14-12-10-8-6-4-3-5-7-9-11-13-15-18(19)20/h4,6,10,12,16-17H,2-3,5,7-9,11,13-15H2,1H3,(H,19,20)/b6-4-,12-10+/t16-,17+/m1/s1. The smallest absolute Gasteiger partial charge is 0.303 e. The number of carboxylic acid groups (broad SMARTS) is 1. The summed E-state index contributed by atoms with van der Waals surface area (Å²) in [5.74, 6) is -0.676. The molecule has 1 heterocycles. The largest absolute Gasteiger partial charge is 0.481 e. The number of rotatable bonds is 13. The molecular formula is C18H30O3. The lowest BCUT2D eigenvalue weighted by Gasteiger charge is -1.98. The average molecular weight is 294 g/mol. The van der Waals surface area contributed by atoms with Crippen LogP contribution in [0, 0.1) is 0 Å². The predicted octanol–water partition coefficient (Wildman–Crippen LogP) is 4.87. The number of hydrogen-bond donors (Lipinski definition) is 1. The summed E-state index contributed by atoms with van der Waals surface area (Å²) in [5, 5.41) is 8.51. The van der Waals surface area contributed by atoms with Crippen LogP contribution in [0.2, 0.25) is 0 Å². The fourth-order valence-electron chi connectivity index (χ4n) is 2.43. The first-order valence-corrected chi connectivity index (χ1v) is 8.41. The average Bonchev–Trinajstić information content (AvgIpc) is 3.22. The zero-order valence-corrected chi connectivity index (χ0v) is 13.3. The molecule has 0 bridgehead atoms. The molecule has 3 nitrogen and oxygen atoms in total. The summed E-state index contributed by atoms with van der Waals surface area (Å²) in [4.78, 5) is 10.3. The van der Waals surface area contributed by atoms with Gasteiger partial charge in [-0.1, -0.05) is 50.5 Å². The van der Waals surface area contributed by atoms with Gasteiger partial charge >= 0.3 is 5.97 Å². The van der Waals surface area contributed by atoms with Crippen molar-refractivity contribution >= 4 is 5.97 Å². The van der Waals surface area contributed by atoms with Gasteiger partial charge in [-0.25, -0.2) is 0 Å². The fourth-order valence-corrected chi connectivity index (χ4v) is 2.43. The van der Waals surface area contributed by atoms with Crippen molar-refractivity contribution in [2.75, 3.05) is 0 Å². The highest BCUT2D eigenvalue weighted by molar-refractivity contribution is 5.66. The molecule has 2 atom stereocenters. The number of carboxylic acids is 1. The van der Waals surface area contributed by atoms with Gasteiger partial charge in [-0.2, -0.15) is 0 Å². The van der Waals surface area contributed by atoms with Crippen molar-refractivity contribution in [2.45, 2.75) is 83.3 Å². The summed E-state index contributed by atoms with van der Waals surface area (Å²) >= 11 is 0. The molecule has 120 valence electrons. The van der Waals surface area contributed by atoms with Crippen molar-refractivity contribution in [3.05, 3.63) is 24.3 Å². The molecule has 0 aromatic carbocycles. The first-order valence-electron chi connectivity index (χ1n) is 8.41. The van der Waals surface area contributed by atoms with Crippen LogP contribution in [0.25, 0.3) is 0 Å². The van der Waals surface area contributed by atoms with Crippen LogP contribution < -0.4 is 0 Å². The van der Waals surface area contributed by atoms with E-state index in [1.54, 1.807) is 0 Å². The maximum absolute atomic E-state index is 10.3. The van der Waals surface area contributed by atoms with E-state index in [-0.39, 0.29) is 0 Å². The maximum atomic E-state index is 10.3. The monoisotopic (exact) mass is 294 g/mol. The summed E-state index contributed by atoms with van der Waals surface area (Å²) in [6, 6.07) is 0. The molecule has 1 aliphatic heterocycles. The van der Waals surface area contributed by atoms with Crippen molar-refractivity contribution in [2.24, 2.45) is 0 Å². The predicted molar refractivity (Wildman–Crippen MR) is 86.4 cm³/mol. The van der Waals surface area contributed by atoms with Crippen LogP contribution in [-0.4, -0.2) is 23.3 Å². The van der Waals surface area contributed by atoms with Crippen molar-refractivity contribution in [1.82, 2.24) is 0 Å². The highest BCUT2D eigenvalue weighted by Gasteiger charge is 2.35. The molecule has 1 N–H and O–H groups in total. The summed E-state index contributed by atoms with van der Waals surface area (Å²) in [6.45, 7) is 2.17. The van der Waals surface area contributed by atoms with E-state index in [2.05, 4.69) is 31.2 Å². The Bertz CT molecular complexity index is 333. The van der Waals surface area contributed by atoms with E-state index < -0.39 is 5.97 Å². The number of allylic oxidation sites excluding steroid dienone is 3. The van der Waals surface area contributed by atoms with E-state index in [0.717, 1.165) is 44.9 Å².